The van der Waals surface area contributed by atoms with Crippen LogP contribution in [0.2, 0.25) is 0 Å². The SMILES string of the molecule is N#CC1(c2cccs2)CC2(CCCCCC2)C1. The molecule has 90 valence electrons. The van der Waals surface area contributed by atoms with Crippen LogP contribution in [0.1, 0.15) is 56.2 Å². The van der Waals surface area contributed by atoms with Gasteiger partial charge in [-0.05, 0) is 42.5 Å². The summed E-state index contributed by atoms with van der Waals surface area (Å²) in [7, 11) is 0. The average Bonchev–Trinajstić information content (AvgIpc) is 2.72. The van der Waals surface area contributed by atoms with E-state index in [9.17, 15) is 5.26 Å². The fourth-order valence-corrected chi connectivity index (χ4v) is 4.80. The normalized spacial score (nSPS) is 25.8. The third kappa shape index (κ3) is 1.81. The van der Waals surface area contributed by atoms with Crippen molar-refractivity contribution in [3.63, 3.8) is 0 Å². The molecule has 0 saturated heterocycles. The van der Waals surface area contributed by atoms with Gasteiger partial charge >= 0.3 is 0 Å². The van der Waals surface area contributed by atoms with E-state index >= 15 is 0 Å². The van der Waals surface area contributed by atoms with Gasteiger partial charge in [-0.3, -0.25) is 0 Å². The largest absolute Gasteiger partial charge is 0.197 e. The molecule has 0 amide bonds. The summed E-state index contributed by atoms with van der Waals surface area (Å²) in [6.07, 6.45) is 10.5. The van der Waals surface area contributed by atoms with Gasteiger partial charge in [0.05, 0.1) is 11.5 Å². The topological polar surface area (TPSA) is 23.8 Å². The van der Waals surface area contributed by atoms with Gasteiger partial charge in [-0.15, -0.1) is 11.3 Å². The maximum atomic E-state index is 9.55. The molecule has 0 bridgehead atoms. The van der Waals surface area contributed by atoms with Crippen LogP contribution in [0.4, 0.5) is 0 Å². The highest BCUT2D eigenvalue weighted by Crippen LogP contribution is 2.61. The van der Waals surface area contributed by atoms with Crippen LogP contribution in [0.3, 0.4) is 0 Å². The van der Waals surface area contributed by atoms with Crippen LogP contribution in [0, 0.1) is 16.7 Å². The van der Waals surface area contributed by atoms with E-state index in [1.54, 1.807) is 11.3 Å². The highest BCUT2D eigenvalue weighted by Gasteiger charge is 2.55. The quantitative estimate of drug-likeness (QED) is 0.707. The number of hydrogen-bond acceptors (Lipinski definition) is 2. The second-order valence-electron chi connectivity index (χ2n) is 5.94. The van der Waals surface area contributed by atoms with Gasteiger partial charge in [0, 0.05) is 4.88 Å². The highest BCUT2D eigenvalue weighted by atomic mass is 32.1. The molecule has 1 aromatic heterocycles. The van der Waals surface area contributed by atoms with Crippen LogP contribution in [-0.4, -0.2) is 0 Å². The summed E-state index contributed by atoms with van der Waals surface area (Å²) in [4.78, 5) is 1.30. The molecule has 0 aliphatic heterocycles. The lowest BCUT2D eigenvalue weighted by molar-refractivity contribution is 0.0418. The summed E-state index contributed by atoms with van der Waals surface area (Å²) < 4.78 is 0. The van der Waals surface area contributed by atoms with E-state index in [1.165, 1.54) is 43.4 Å². The number of nitrogens with zero attached hydrogens (tertiary/aromatic N) is 1. The molecule has 2 aliphatic rings. The van der Waals surface area contributed by atoms with Gasteiger partial charge < -0.3 is 0 Å². The molecular formula is C15H19NS. The minimum atomic E-state index is -0.126. The van der Waals surface area contributed by atoms with Crippen LogP contribution in [-0.2, 0) is 5.41 Å². The van der Waals surface area contributed by atoms with Crippen molar-refractivity contribution in [1.82, 2.24) is 0 Å². The lowest BCUT2D eigenvalue weighted by atomic mass is 9.50. The van der Waals surface area contributed by atoms with Gasteiger partial charge in [0.2, 0.25) is 0 Å². The Kier molecular flexibility index (Phi) is 2.75. The first-order chi connectivity index (χ1) is 8.29. The zero-order chi connectivity index (χ0) is 11.8. The van der Waals surface area contributed by atoms with Gasteiger partial charge in [-0.25, -0.2) is 0 Å². The lowest BCUT2D eigenvalue weighted by Crippen LogP contribution is -2.48. The molecule has 1 nitrogen and oxygen atoms in total. The zero-order valence-electron chi connectivity index (χ0n) is 10.2. The molecule has 2 aliphatic carbocycles. The maximum Gasteiger partial charge on any atom is 0.0925 e. The van der Waals surface area contributed by atoms with Gasteiger partial charge in [-0.2, -0.15) is 5.26 Å². The first-order valence-corrected chi connectivity index (χ1v) is 7.62. The van der Waals surface area contributed by atoms with Crippen molar-refractivity contribution >= 4 is 11.3 Å². The van der Waals surface area contributed by atoms with Gasteiger partial charge in [-0.1, -0.05) is 31.7 Å². The molecule has 2 saturated carbocycles. The average molecular weight is 245 g/mol. The summed E-state index contributed by atoms with van der Waals surface area (Å²) in [6, 6.07) is 6.85. The van der Waals surface area contributed by atoms with E-state index in [-0.39, 0.29) is 5.41 Å². The molecule has 1 aromatic rings. The van der Waals surface area contributed by atoms with Crippen molar-refractivity contribution in [2.75, 3.05) is 0 Å². The Morgan fingerprint density at radius 3 is 2.35 bits per heavy atom. The molecule has 0 unspecified atom stereocenters. The van der Waals surface area contributed by atoms with Crippen molar-refractivity contribution < 1.29 is 0 Å². The molecule has 1 spiro atoms. The molecule has 2 fully saturated rings. The van der Waals surface area contributed by atoms with E-state index in [4.69, 9.17) is 0 Å². The first-order valence-electron chi connectivity index (χ1n) is 6.74. The Hall–Kier alpha value is -0.810. The molecule has 17 heavy (non-hydrogen) atoms. The van der Waals surface area contributed by atoms with Crippen LogP contribution < -0.4 is 0 Å². The van der Waals surface area contributed by atoms with E-state index in [2.05, 4.69) is 23.6 Å². The van der Waals surface area contributed by atoms with Crippen LogP contribution in [0.5, 0.6) is 0 Å². The number of hydrogen-bond donors (Lipinski definition) is 0. The fraction of sp³-hybridized carbons (Fsp3) is 0.667. The molecule has 0 aromatic carbocycles. The zero-order valence-corrected chi connectivity index (χ0v) is 11.1. The van der Waals surface area contributed by atoms with Crippen molar-refractivity contribution in [2.45, 2.75) is 56.8 Å². The third-order valence-electron chi connectivity index (χ3n) is 4.72. The second-order valence-corrected chi connectivity index (χ2v) is 6.89. The molecule has 3 rings (SSSR count). The Morgan fingerprint density at radius 1 is 1.12 bits per heavy atom. The minimum absolute atomic E-state index is 0.126. The van der Waals surface area contributed by atoms with Gasteiger partial charge in [0.15, 0.2) is 0 Å². The summed E-state index contributed by atoms with van der Waals surface area (Å²) in [5.41, 5.74) is 0.398. The van der Waals surface area contributed by atoms with Crippen molar-refractivity contribution in [3.05, 3.63) is 22.4 Å². The van der Waals surface area contributed by atoms with Crippen LogP contribution in [0.15, 0.2) is 17.5 Å². The van der Waals surface area contributed by atoms with Crippen LogP contribution >= 0.6 is 11.3 Å². The van der Waals surface area contributed by atoms with E-state index < -0.39 is 0 Å². The van der Waals surface area contributed by atoms with Gasteiger partial charge in [0.25, 0.3) is 0 Å². The number of rotatable bonds is 1. The fourth-order valence-electron chi connectivity index (χ4n) is 3.92. The monoisotopic (exact) mass is 245 g/mol. The number of thiophene rings is 1. The summed E-state index contributed by atoms with van der Waals surface area (Å²) in [5, 5.41) is 11.7. The predicted molar refractivity (Wildman–Crippen MR) is 71.0 cm³/mol. The molecule has 0 radical (unpaired) electrons. The molecule has 1 heterocycles. The standard InChI is InChI=1S/C15H19NS/c16-12-15(13-6-5-9-17-13)10-14(11-15)7-3-1-2-4-8-14/h5-6,9H,1-4,7-8,10-11H2. The van der Waals surface area contributed by atoms with E-state index in [1.807, 2.05) is 0 Å². The second kappa shape index (κ2) is 4.14. The third-order valence-corrected chi connectivity index (χ3v) is 5.80. The molecular weight excluding hydrogens is 226 g/mol. The van der Waals surface area contributed by atoms with Crippen LogP contribution in [0.25, 0.3) is 0 Å². The van der Waals surface area contributed by atoms with E-state index in [0.717, 1.165) is 12.8 Å². The number of nitriles is 1. The molecule has 0 atom stereocenters. The summed E-state index contributed by atoms with van der Waals surface area (Å²) in [5.74, 6) is 0. The molecule has 2 heteroatoms. The van der Waals surface area contributed by atoms with Gasteiger partial charge in [0.1, 0.15) is 0 Å². The van der Waals surface area contributed by atoms with Crippen molar-refractivity contribution in [2.24, 2.45) is 5.41 Å². The summed E-state index contributed by atoms with van der Waals surface area (Å²) in [6.45, 7) is 0. The Balaban J connectivity index is 1.79. The highest BCUT2D eigenvalue weighted by molar-refractivity contribution is 7.10. The lowest BCUT2D eigenvalue weighted by Gasteiger charge is -2.52. The van der Waals surface area contributed by atoms with E-state index in [0.29, 0.717) is 5.41 Å². The minimum Gasteiger partial charge on any atom is -0.197 e. The van der Waals surface area contributed by atoms with Crippen molar-refractivity contribution in [3.8, 4) is 6.07 Å². The summed E-state index contributed by atoms with van der Waals surface area (Å²) >= 11 is 1.76. The smallest absolute Gasteiger partial charge is 0.0925 e. The van der Waals surface area contributed by atoms with Crippen molar-refractivity contribution in [1.29, 1.82) is 5.26 Å². The molecule has 0 N–H and O–H groups in total. The Labute approximate surface area is 107 Å². The predicted octanol–water partition coefficient (Wildman–Crippen LogP) is 4.64. The first kappa shape index (κ1) is 11.3. The maximum absolute atomic E-state index is 9.55. The Morgan fingerprint density at radius 2 is 1.82 bits per heavy atom. The Bertz CT molecular complexity index is 410.